The second-order valence-corrected chi connectivity index (χ2v) is 6.22. The van der Waals surface area contributed by atoms with Crippen molar-refractivity contribution in [3.05, 3.63) is 35.0 Å². The van der Waals surface area contributed by atoms with Crippen LogP contribution in [0.3, 0.4) is 0 Å². The summed E-state index contributed by atoms with van der Waals surface area (Å²) in [4.78, 5) is 16.3. The van der Waals surface area contributed by atoms with Gasteiger partial charge >= 0.3 is 0 Å². The Labute approximate surface area is 124 Å². The third kappa shape index (κ3) is 2.83. The number of fused-ring (bicyclic) bond motifs is 1. The molecule has 21 heavy (non-hydrogen) atoms. The lowest BCUT2D eigenvalue weighted by Crippen LogP contribution is -2.31. The number of aromatic nitrogens is 1. The number of nitrogen functional groups attached to an aromatic ring is 1. The summed E-state index contributed by atoms with van der Waals surface area (Å²) in [6.07, 6.45) is 0. The minimum atomic E-state index is -0.377. The van der Waals surface area contributed by atoms with Crippen LogP contribution in [0.25, 0.3) is 10.9 Å². The minimum absolute atomic E-state index is 0.0810. The van der Waals surface area contributed by atoms with Crippen molar-refractivity contribution in [2.24, 2.45) is 5.84 Å². The third-order valence-electron chi connectivity index (χ3n) is 3.58. The molecule has 1 heterocycles. The molecule has 0 aliphatic heterocycles. The van der Waals surface area contributed by atoms with Crippen LogP contribution in [0.4, 0.5) is 5.69 Å². The first kappa shape index (κ1) is 15.3. The van der Waals surface area contributed by atoms with E-state index in [1.165, 1.54) is 0 Å². The Hall–Kier alpha value is -2.14. The molecule has 1 amide bonds. The summed E-state index contributed by atoms with van der Waals surface area (Å²) in [7, 11) is 1.90. The maximum atomic E-state index is 11.8. The fourth-order valence-electron chi connectivity index (χ4n) is 2.40. The first-order chi connectivity index (χ1) is 9.77. The molecule has 0 saturated carbocycles. The van der Waals surface area contributed by atoms with Crippen molar-refractivity contribution >= 4 is 22.5 Å². The lowest BCUT2D eigenvalue weighted by molar-refractivity contribution is 0.0949. The van der Waals surface area contributed by atoms with Gasteiger partial charge in [0.1, 0.15) is 5.69 Å². The van der Waals surface area contributed by atoms with E-state index >= 15 is 0 Å². The van der Waals surface area contributed by atoms with Gasteiger partial charge in [-0.05, 0) is 41.7 Å². The summed E-state index contributed by atoms with van der Waals surface area (Å²) in [6, 6.07) is 5.90. The van der Waals surface area contributed by atoms with Crippen LogP contribution in [-0.4, -0.2) is 17.9 Å². The van der Waals surface area contributed by atoms with Gasteiger partial charge < -0.3 is 5.32 Å². The lowest BCUT2D eigenvalue weighted by atomic mass is 9.84. The Morgan fingerprint density at radius 1 is 1.24 bits per heavy atom. The van der Waals surface area contributed by atoms with E-state index in [0.717, 1.165) is 27.7 Å². The monoisotopic (exact) mass is 286 g/mol. The van der Waals surface area contributed by atoms with Gasteiger partial charge in [0, 0.05) is 18.1 Å². The molecule has 2 rings (SSSR count). The van der Waals surface area contributed by atoms with Gasteiger partial charge in [-0.15, -0.1) is 0 Å². The number of nitrogens with one attached hydrogen (secondary N) is 2. The number of amides is 1. The number of hydrazine groups is 1. The molecule has 0 spiro atoms. The molecular formula is C16H22N4O. The molecular weight excluding hydrogens is 264 g/mol. The van der Waals surface area contributed by atoms with Gasteiger partial charge in [-0.1, -0.05) is 20.8 Å². The van der Waals surface area contributed by atoms with E-state index in [4.69, 9.17) is 5.84 Å². The predicted octanol–water partition coefficient (Wildman–Crippen LogP) is 2.49. The van der Waals surface area contributed by atoms with Gasteiger partial charge in [-0.25, -0.2) is 10.8 Å². The first-order valence-electron chi connectivity index (χ1n) is 6.92. The number of aryl methyl sites for hydroxylation is 1. The smallest absolute Gasteiger partial charge is 0.283 e. The van der Waals surface area contributed by atoms with E-state index in [0.29, 0.717) is 5.69 Å². The van der Waals surface area contributed by atoms with Gasteiger partial charge in [0.15, 0.2) is 0 Å². The highest BCUT2D eigenvalue weighted by atomic mass is 16.2. The number of hydrogen-bond donors (Lipinski definition) is 3. The average Bonchev–Trinajstić information content (AvgIpc) is 2.44. The van der Waals surface area contributed by atoms with E-state index in [1.54, 1.807) is 6.07 Å². The maximum Gasteiger partial charge on any atom is 0.283 e. The van der Waals surface area contributed by atoms with Gasteiger partial charge in [-0.2, -0.15) is 0 Å². The van der Waals surface area contributed by atoms with Crippen molar-refractivity contribution < 1.29 is 4.79 Å². The number of nitrogens with two attached hydrogens (primary N) is 1. The lowest BCUT2D eigenvalue weighted by Gasteiger charge is -2.23. The standard InChI is InChI=1S/C16H22N4O/c1-9-6-13(15(21)20-17)19-14-11(9)7-10(18-5)8-12(14)16(2,3)4/h6-8,18H,17H2,1-5H3,(H,20,21). The van der Waals surface area contributed by atoms with Crippen LogP contribution < -0.4 is 16.6 Å². The zero-order valence-corrected chi connectivity index (χ0v) is 13.2. The number of carbonyl (C=O) groups is 1. The molecule has 1 aromatic carbocycles. The van der Waals surface area contributed by atoms with Crippen molar-refractivity contribution in [2.75, 3.05) is 12.4 Å². The number of nitrogens with zero attached hydrogens (tertiary/aromatic N) is 1. The van der Waals surface area contributed by atoms with Crippen molar-refractivity contribution in [1.82, 2.24) is 10.4 Å². The molecule has 0 radical (unpaired) electrons. The highest BCUT2D eigenvalue weighted by molar-refractivity contribution is 5.97. The van der Waals surface area contributed by atoms with Crippen molar-refractivity contribution in [3.8, 4) is 0 Å². The number of pyridine rings is 1. The molecule has 2 aromatic rings. The predicted molar refractivity (Wildman–Crippen MR) is 86.4 cm³/mol. The summed E-state index contributed by atoms with van der Waals surface area (Å²) in [5.41, 5.74) is 6.38. The summed E-state index contributed by atoms with van der Waals surface area (Å²) < 4.78 is 0. The van der Waals surface area contributed by atoms with Gasteiger partial charge in [0.05, 0.1) is 5.52 Å². The molecule has 0 bridgehead atoms. The van der Waals surface area contributed by atoms with Gasteiger partial charge in [0.25, 0.3) is 5.91 Å². The highest BCUT2D eigenvalue weighted by Gasteiger charge is 2.21. The number of carbonyl (C=O) groups excluding carboxylic acids is 1. The van der Waals surface area contributed by atoms with E-state index in [9.17, 15) is 4.79 Å². The van der Waals surface area contributed by atoms with Crippen LogP contribution in [0.5, 0.6) is 0 Å². The second-order valence-electron chi connectivity index (χ2n) is 6.22. The van der Waals surface area contributed by atoms with Crippen molar-refractivity contribution in [1.29, 1.82) is 0 Å². The molecule has 5 heteroatoms. The van der Waals surface area contributed by atoms with E-state index in [2.05, 4.69) is 48.6 Å². The molecule has 5 nitrogen and oxygen atoms in total. The Balaban J connectivity index is 2.86. The largest absolute Gasteiger partial charge is 0.388 e. The topological polar surface area (TPSA) is 80.0 Å². The quantitative estimate of drug-likeness (QED) is 0.450. The molecule has 0 unspecified atom stereocenters. The van der Waals surface area contributed by atoms with Crippen LogP contribution in [0.1, 0.15) is 42.4 Å². The fourth-order valence-corrected chi connectivity index (χ4v) is 2.40. The van der Waals surface area contributed by atoms with Crippen LogP contribution in [0, 0.1) is 6.92 Å². The average molecular weight is 286 g/mol. The van der Waals surface area contributed by atoms with E-state index in [1.807, 2.05) is 14.0 Å². The molecule has 0 atom stereocenters. The Bertz CT molecular complexity index is 701. The highest BCUT2D eigenvalue weighted by Crippen LogP contribution is 2.33. The normalized spacial score (nSPS) is 11.5. The first-order valence-corrected chi connectivity index (χ1v) is 6.92. The molecule has 1 aromatic heterocycles. The summed E-state index contributed by atoms with van der Waals surface area (Å²) in [6.45, 7) is 8.37. The summed E-state index contributed by atoms with van der Waals surface area (Å²) >= 11 is 0. The van der Waals surface area contributed by atoms with Crippen LogP contribution in [0.15, 0.2) is 18.2 Å². The number of hydrogen-bond acceptors (Lipinski definition) is 4. The third-order valence-corrected chi connectivity index (χ3v) is 3.58. The molecule has 0 aliphatic carbocycles. The van der Waals surface area contributed by atoms with Crippen LogP contribution in [-0.2, 0) is 5.41 Å². The van der Waals surface area contributed by atoms with E-state index < -0.39 is 0 Å². The Morgan fingerprint density at radius 3 is 2.43 bits per heavy atom. The summed E-state index contributed by atoms with van der Waals surface area (Å²) in [5, 5.41) is 4.22. The second kappa shape index (κ2) is 5.33. The molecule has 112 valence electrons. The van der Waals surface area contributed by atoms with Crippen LogP contribution >= 0.6 is 0 Å². The summed E-state index contributed by atoms with van der Waals surface area (Å²) in [5.74, 6) is 4.84. The van der Waals surface area contributed by atoms with Gasteiger partial charge in [-0.3, -0.25) is 10.2 Å². The SMILES string of the molecule is CNc1cc(C(C)(C)C)c2nc(C(=O)NN)cc(C)c2c1. The van der Waals surface area contributed by atoms with Crippen molar-refractivity contribution in [3.63, 3.8) is 0 Å². The molecule has 0 fully saturated rings. The van der Waals surface area contributed by atoms with Crippen LogP contribution in [0.2, 0.25) is 0 Å². The van der Waals surface area contributed by atoms with Gasteiger partial charge in [0.2, 0.25) is 0 Å². The minimum Gasteiger partial charge on any atom is -0.388 e. The number of rotatable bonds is 2. The number of anilines is 1. The molecule has 4 N–H and O–H groups in total. The Kier molecular flexibility index (Phi) is 3.87. The van der Waals surface area contributed by atoms with E-state index in [-0.39, 0.29) is 11.3 Å². The molecule has 0 aliphatic rings. The zero-order valence-electron chi connectivity index (χ0n) is 13.2. The van der Waals surface area contributed by atoms with Crippen molar-refractivity contribution in [2.45, 2.75) is 33.1 Å². The number of benzene rings is 1. The maximum absolute atomic E-state index is 11.8. The fraction of sp³-hybridized carbons (Fsp3) is 0.375. The zero-order chi connectivity index (χ0) is 15.8. The molecule has 0 saturated heterocycles. The Morgan fingerprint density at radius 2 is 1.90 bits per heavy atom.